The van der Waals surface area contributed by atoms with Gasteiger partial charge in [-0.2, -0.15) is 0 Å². The fourth-order valence-electron chi connectivity index (χ4n) is 4.12. The average molecular weight is 415 g/mol. The third-order valence-electron chi connectivity index (χ3n) is 5.45. The molecule has 1 N–H and O–H groups in total. The first-order chi connectivity index (χ1) is 14.7. The summed E-state index contributed by atoms with van der Waals surface area (Å²) in [6.45, 7) is 2.76. The molecule has 30 heavy (non-hydrogen) atoms. The normalized spacial score (nSPS) is 18.6. The highest BCUT2D eigenvalue weighted by atomic mass is 32.1. The highest BCUT2D eigenvalue weighted by molar-refractivity contribution is 7.80. The van der Waals surface area contributed by atoms with Crippen LogP contribution in [0.1, 0.15) is 34.8 Å². The summed E-state index contributed by atoms with van der Waals surface area (Å²) in [6.07, 6.45) is 5.62. The van der Waals surface area contributed by atoms with Crippen molar-refractivity contribution in [1.82, 2.24) is 14.9 Å². The molecular weight excluding hydrogens is 392 g/mol. The Labute approximate surface area is 181 Å². The average Bonchev–Trinajstić information content (AvgIpc) is 3.49. The number of anilines is 1. The summed E-state index contributed by atoms with van der Waals surface area (Å²) in [6, 6.07) is 22.5. The summed E-state index contributed by atoms with van der Waals surface area (Å²) >= 11 is 5.81. The van der Waals surface area contributed by atoms with E-state index in [1.165, 1.54) is 5.56 Å². The molecule has 4 aromatic rings. The number of hydrogen-bond donors (Lipinski definition) is 1. The van der Waals surface area contributed by atoms with E-state index in [1.54, 1.807) is 6.26 Å². The zero-order chi connectivity index (χ0) is 20.5. The summed E-state index contributed by atoms with van der Waals surface area (Å²) < 4.78 is 7.82. The fourth-order valence-corrected chi connectivity index (χ4v) is 4.47. The van der Waals surface area contributed by atoms with Crippen LogP contribution in [-0.4, -0.2) is 14.7 Å². The first kappa shape index (κ1) is 18.6. The van der Waals surface area contributed by atoms with Gasteiger partial charge in [0.1, 0.15) is 11.8 Å². The Morgan fingerprint density at radius 2 is 2.00 bits per heavy atom. The lowest BCUT2D eigenvalue weighted by molar-refractivity contribution is 0.475. The van der Waals surface area contributed by atoms with Gasteiger partial charge in [-0.05, 0) is 73.2 Å². The largest absolute Gasteiger partial charge is 0.467 e. The third-order valence-corrected chi connectivity index (χ3v) is 5.77. The van der Waals surface area contributed by atoms with Crippen LogP contribution in [0.4, 0.5) is 5.69 Å². The number of rotatable bonds is 5. The van der Waals surface area contributed by atoms with Crippen LogP contribution in [0.5, 0.6) is 0 Å². The highest BCUT2D eigenvalue weighted by Gasteiger charge is 2.42. The molecule has 0 aliphatic carbocycles. The van der Waals surface area contributed by atoms with Gasteiger partial charge in [-0.25, -0.2) is 0 Å². The maximum absolute atomic E-state index is 5.81. The molecule has 4 heterocycles. The third kappa shape index (κ3) is 3.39. The van der Waals surface area contributed by atoms with E-state index < -0.39 is 0 Å². The lowest BCUT2D eigenvalue weighted by Gasteiger charge is -2.29. The van der Waals surface area contributed by atoms with Crippen molar-refractivity contribution in [1.29, 1.82) is 0 Å². The van der Waals surface area contributed by atoms with Gasteiger partial charge in [-0.1, -0.05) is 18.2 Å². The molecule has 1 aliphatic rings. The van der Waals surface area contributed by atoms with E-state index in [2.05, 4.69) is 69.3 Å². The number of hydrogen-bond acceptors (Lipinski definition) is 3. The second kappa shape index (κ2) is 7.80. The Bertz CT molecular complexity index is 1150. The van der Waals surface area contributed by atoms with Crippen LogP contribution >= 0.6 is 12.2 Å². The highest BCUT2D eigenvalue weighted by Crippen LogP contribution is 2.41. The van der Waals surface area contributed by atoms with Gasteiger partial charge in [0.2, 0.25) is 0 Å². The van der Waals surface area contributed by atoms with Crippen molar-refractivity contribution in [2.45, 2.75) is 25.6 Å². The van der Waals surface area contributed by atoms with Gasteiger partial charge in [0.15, 0.2) is 5.11 Å². The van der Waals surface area contributed by atoms with Crippen molar-refractivity contribution >= 4 is 23.0 Å². The fraction of sp³-hybridized carbons (Fsp3) is 0.167. The Hall–Kier alpha value is -3.38. The molecule has 2 atom stereocenters. The van der Waals surface area contributed by atoms with Gasteiger partial charge in [-0.3, -0.25) is 4.98 Å². The Morgan fingerprint density at radius 1 is 1.07 bits per heavy atom. The number of benzene rings is 1. The van der Waals surface area contributed by atoms with Crippen LogP contribution < -0.4 is 10.2 Å². The molecule has 0 spiro atoms. The van der Waals surface area contributed by atoms with Crippen molar-refractivity contribution < 1.29 is 4.42 Å². The minimum atomic E-state index is -0.0653. The monoisotopic (exact) mass is 414 g/mol. The van der Waals surface area contributed by atoms with Gasteiger partial charge >= 0.3 is 0 Å². The summed E-state index contributed by atoms with van der Waals surface area (Å²) in [5.41, 5.74) is 4.38. The first-order valence-corrected chi connectivity index (χ1v) is 10.4. The predicted molar refractivity (Wildman–Crippen MR) is 121 cm³/mol. The number of pyridine rings is 1. The Balaban J connectivity index is 1.62. The molecule has 0 unspecified atom stereocenters. The zero-order valence-corrected chi connectivity index (χ0v) is 17.4. The quantitative estimate of drug-likeness (QED) is 0.465. The summed E-state index contributed by atoms with van der Waals surface area (Å²) in [4.78, 5) is 6.83. The molecule has 0 amide bonds. The molecule has 0 saturated carbocycles. The minimum absolute atomic E-state index is 0.0424. The van der Waals surface area contributed by atoms with E-state index in [9.17, 15) is 0 Å². The Kier molecular flexibility index (Phi) is 4.85. The van der Waals surface area contributed by atoms with Crippen molar-refractivity contribution in [3.05, 3.63) is 108 Å². The van der Waals surface area contributed by atoms with Crippen molar-refractivity contribution in [3.63, 3.8) is 0 Å². The van der Waals surface area contributed by atoms with Crippen LogP contribution in [0.15, 0.2) is 89.8 Å². The molecule has 3 aromatic heterocycles. The number of aromatic nitrogens is 2. The standard InChI is InChI=1S/C24H22N4OS/c1-17-7-4-8-18(15-17)28-23(22(26-24(28)30)20-10-2-3-12-25-20)21-11-5-13-27(21)16-19-9-6-14-29-19/h2-15,22-23H,16H2,1H3,(H,26,30)/t22-,23+/m1/s1. The SMILES string of the molecule is Cc1cccc(N2C(=S)N[C@H](c3ccccn3)[C@@H]2c2cccn2Cc2ccco2)c1. The second-order valence-electron chi connectivity index (χ2n) is 7.48. The van der Waals surface area contributed by atoms with E-state index in [-0.39, 0.29) is 12.1 Å². The van der Waals surface area contributed by atoms with Crippen molar-refractivity contribution in [2.75, 3.05) is 4.90 Å². The maximum atomic E-state index is 5.81. The molecule has 5 rings (SSSR count). The van der Waals surface area contributed by atoms with E-state index in [0.717, 1.165) is 22.8 Å². The molecule has 1 saturated heterocycles. The molecule has 1 fully saturated rings. The number of nitrogens with zero attached hydrogens (tertiary/aromatic N) is 3. The van der Waals surface area contributed by atoms with E-state index in [4.69, 9.17) is 16.6 Å². The maximum Gasteiger partial charge on any atom is 0.174 e. The molecule has 0 bridgehead atoms. The lowest BCUT2D eigenvalue weighted by Crippen LogP contribution is -2.30. The molecule has 150 valence electrons. The second-order valence-corrected chi connectivity index (χ2v) is 7.86. The van der Waals surface area contributed by atoms with Crippen LogP contribution in [0.2, 0.25) is 0 Å². The summed E-state index contributed by atoms with van der Waals surface area (Å²) in [7, 11) is 0. The minimum Gasteiger partial charge on any atom is -0.467 e. The van der Waals surface area contributed by atoms with E-state index >= 15 is 0 Å². The first-order valence-electron chi connectivity index (χ1n) is 9.95. The van der Waals surface area contributed by atoms with Crippen LogP contribution in [0.3, 0.4) is 0 Å². The smallest absolute Gasteiger partial charge is 0.174 e. The number of aryl methyl sites for hydroxylation is 1. The van der Waals surface area contributed by atoms with E-state index in [1.807, 2.05) is 36.5 Å². The number of nitrogens with one attached hydrogen (secondary N) is 1. The van der Waals surface area contributed by atoms with Gasteiger partial charge in [0.25, 0.3) is 0 Å². The number of thiocarbonyl (C=S) groups is 1. The molecular formula is C24H22N4OS. The van der Waals surface area contributed by atoms with Crippen LogP contribution in [-0.2, 0) is 6.54 Å². The molecule has 1 aliphatic heterocycles. The van der Waals surface area contributed by atoms with Crippen LogP contribution in [0, 0.1) is 6.92 Å². The molecule has 1 aromatic carbocycles. The lowest BCUT2D eigenvalue weighted by atomic mass is 10.0. The van der Waals surface area contributed by atoms with Crippen LogP contribution in [0.25, 0.3) is 0 Å². The molecule has 6 heteroatoms. The summed E-state index contributed by atoms with van der Waals surface area (Å²) in [5.74, 6) is 0.914. The molecule has 5 nitrogen and oxygen atoms in total. The zero-order valence-electron chi connectivity index (χ0n) is 16.6. The topological polar surface area (TPSA) is 46.2 Å². The van der Waals surface area contributed by atoms with Gasteiger partial charge in [-0.15, -0.1) is 0 Å². The van der Waals surface area contributed by atoms with Gasteiger partial charge in [0, 0.05) is 23.8 Å². The summed E-state index contributed by atoms with van der Waals surface area (Å²) in [5, 5.41) is 4.22. The van der Waals surface area contributed by atoms with Crippen molar-refractivity contribution in [2.24, 2.45) is 0 Å². The van der Waals surface area contributed by atoms with Gasteiger partial charge in [0.05, 0.1) is 24.5 Å². The van der Waals surface area contributed by atoms with Gasteiger partial charge < -0.3 is 19.2 Å². The predicted octanol–water partition coefficient (Wildman–Crippen LogP) is 5.01. The van der Waals surface area contributed by atoms with E-state index in [0.29, 0.717) is 11.7 Å². The number of furan rings is 1. The molecule has 0 radical (unpaired) electrons. The Morgan fingerprint density at radius 3 is 2.77 bits per heavy atom. The van der Waals surface area contributed by atoms with Crippen molar-refractivity contribution in [3.8, 4) is 0 Å².